The second kappa shape index (κ2) is 10.2. The molecule has 0 spiro atoms. The van der Waals surface area contributed by atoms with Gasteiger partial charge in [0, 0.05) is 12.6 Å². The quantitative estimate of drug-likeness (QED) is 0.506. The minimum Gasteiger partial charge on any atom is -0.497 e. The van der Waals surface area contributed by atoms with E-state index in [1.165, 1.54) is 25.3 Å². The number of carbonyl (C=O) groups is 2. The van der Waals surface area contributed by atoms with Crippen LogP contribution < -0.4 is 18.9 Å². The number of hydrogen-bond acceptors (Lipinski definition) is 6. The van der Waals surface area contributed by atoms with E-state index in [1.807, 2.05) is 55.5 Å². The molecule has 3 aromatic rings. The second-order valence-electron chi connectivity index (χ2n) is 7.75. The summed E-state index contributed by atoms with van der Waals surface area (Å²) in [5.41, 5.74) is 1.78. The zero-order chi connectivity index (χ0) is 24.1. The minimum atomic E-state index is -1.15. The van der Waals surface area contributed by atoms with Gasteiger partial charge in [-0.3, -0.25) is 4.79 Å². The third-order valence-electron chi connectivity index (χ3n) is 5.63. The summed E-state index contributed by atoms with van der Waals surface area (Å²) in [7, 11) is 1.47. The van der Waals surface area contributed by atoms with Gasteiger partial charge in [-0.2, -0.15) is 0 Å². The van der Waals surface area contributed by atoms with Gasteiger partial charge in [0.25, 0.3) is 5.91 Å². The van der Waals surface area contributed by atoms with Crippen molar-refractivity contribution in [3.05, 3.63) is 83.4 Å². The number of ether oxygens (including phenoxy) is 4. The predicted molar refractivity (Wildman–Crippen MR) is 123 cm³/mol. The first-order valence-corrected chi connectivity index (χ1v) is 10.7. The third kappa shape index (κ3) is 5.06. The third-order valence-corrected chi connectivity index (χ3v) is 5.63. The van der Waals surface area contributed by atoms with E-state index in [1.54, 1.807) is 4.90 Å². The summed E-state index contributed by atoms with van der Waals surface area (Å²) in [6.45, 7) is 2.07. The van der Waals surface area contributed by atoms with Crippen molar-refractivity contribution in [1.29, 1.82) is 0 Å². The number of aromatic carboxylic acids is 1. The number of carboxylic acids is 1. The SMILES string of the molecule is COc1ccc(C(=O)O)c(OCC(=O)N(Cc2ccc3c(c2)OCO3)C(C)c2ccccc2)c1. The summed E-state index contributed by atoms with van der Waals surface area (Å²) in [5, 5.41) is 9.47. The van der Waals surface area contributed by atoms with E-state index in [2.05, 4.69) is 0 Å². The largest absolute Gasteiger partial charge is 0.497 e. The molecule has 8 heteroatoms. The monoisotopic (exact) mass is 463 g/mol. The zero-order valence-electron chi connectivity index (χ0n) is 18.9. The van der Waals surface area contributed by atoms with Crippen LogP contribution in [0.1, 0.15) is 34.5 Å². The maximum atomic E-state index is 13.4. The summed E-state index contributed by atoms with van der Waals surface area (Å²) in [4.78, 5) is 26.6. The van der Waals surface area contributed by atoms with Gasteiger partial charge in [-0.05, 0) is 42.3 Å². The molecule has 34 heavy (non-hydrogen) atoms. The molecule has 1 aliphatic rings. The number of fused-ring (bicyclic) bond motifs is 1. The lowest BCUT2D eigenvalue weighted by Gasteiger charge is -2.30. The van der Waals surface area contributed by atoms with Crippen molar-refractivity contribution >= 4 is 11.9 Å². The van der Waals surface area contributed by atoms with Gasteiger partial charge >= 0.3 is 5.97 Å². The van der Waals surface area contributed by atoms with Gasteiger partial charge in [-0.15, -0.1) is 0 Å². The first-order valence-electron chi connectivity index (χ1n) is 10.7. The predicted octanol–water partition coefficient (Wildman–Crippen LogP) is 4.29. The minimum absolute atomic E-state index is 0.0490. The highest BCUT2D eigenvalue weighted by atomic mass is 16.7. The molecule has 1 atom stereocenters. The van der Waals surface area contributed by atoms with Gasteiger partial charge in [0.15, 0.2) is 18.1 Å². The summed E-state index contributed by atoms with van der Waals surface area (Å²) in [6.07, 6.45) is 0. The van der Waals surface area contributed by atoms with E-state index in [0.29, 0.717) is 23.8 Å². The van der Waals surface area contributed by atoms with Crippen molar-refractivity contribution in [2.45, 2.75) is 19.5 Å². The highest BCUT2D eigenvalue weighted by molar-refractivity contribution is 5.91. The number of rotatable bonds is 9. The molecular weight excluding hydrogens is 438 g/mol. The highest BCUT2D eigenvalue weighted by Crippen LogP contribution is 2.34. The van der Waals surface area contributed by atoms with Crippen molar-refractivity contribution in [2.75, 3.05) is 20.5 Å². The number of carbonyl (C=O) groups excluding carboxylic acids is 1. The Hall–Kier alpha value is -4.20. The molecule has 176 valence electrons. The lowest BCUT2D eigenvalue weighted by atomic mass is 10.1. The number of benzene rings is 3. The van der Waals surface area contributed by atoms with Crippen LogP contribution >= 0.6 is 0 Å². The summed E-state index contributed by atoms with van der Waals surface area (Å²) >= 11 is 0. The number of carboxylic acid groups (broad SMARTS) is 1. The van der Waals surface area contributed by atoms with Crippen molar-refractivity contribution in [2.24, 2.45) is 0 Å². The van der Waals surface area contributed by atoms with Crippen LogP contribution in [0.15, 0.2) is 66.7 Å². The number of methoxy groups -OCH3 is 1. The Balaban J connectivity index is 1.57. The van der Waals surface area contributed by atoms with Gasteiger partial charge in [-0.25, -0.2) is 4.79 Å². The maximum Gasteiger partial charge on any atom is 0.339 e. The van der Waals surface area contributed by atoms with Crippen molar-refractivity contribution in [1.82, 2.24) is 4.90 Å². The topological polar surface area (TPSA) is 94.5 Å². The number of amides is 1. The maximum absolute atomic E-state index is 13.4. The molecule has 1 unspecified atom stereocenters. The Labute approximate surface area is 197 Å². The fourth-order valence-electron chi connectivity index (χ4n) is 3.74. The Morgan fingerprint density at radius 1 is 1.03 bits per heavy atom. The number of nitrogens with zero attached hydrogens (tertiary/aromatic N) is 1. The number of hydrogen-bond donors (Lipinski definition) is 1. The molecule has 0 radical (unpaired) electrons. The van der Waals surface area contributed by atoms with Crippen LogP contribution in [-0.4, -0.2) is 42.4 Å². The molecule has 1 amide bonds. The van der Waals surface area contributed by atoms with Crippen LogP contribution in [0.5, 0.6) is 23.0 Å². The van der Waals surface area contributed by atoms with Crippen molar-refractivity contribution < 1.29 is 33.6 Å². The molecule has 0 aromatic heterocycles. The van der Waals surface area contributed by atoms with Crippen LogP contribution in [0.2, 0.25) is 0 Å². The van der Waals surface area contributed by atoms with Gasteiger partial charge in [0.05, 0.1) is 13.2 Å². The van der Waals surface area contributed by atoms with Crippen LogP contribution in [0.3, 0.4) is 0 Å². The Bertz CT molecular complexity index is 1180. The van der Waals surface area contributed by atoms with Crippen LogP contribution in [0, 0.1) is 0 Å². The highest BCUT2D eigenvalue weighted by Gasteiger charge is 2.24. The average molecular weight is 463 g/mol. The van der Waals surface area contributed by atoms with Crippen molar-refractivity contribution in [3.63, 3.8) is 0 Å². The molecule has 1 N–H and O–H groups in total. The Kier molecular flexibility index (Phi) is 6.87. The fraction of sp³-hybridized carbons (Fsp3) is 0.231. The van der Waals surface area contributed by atoms with E-state index >= 15 is 0 Å². The molecule has 1 aliphatic heterocycles. The smallest absolute Gasteiger partial charge is 0.339 e. The zero-order valence-corrected chi connectivity index (χ0v) is 18.9. The van der Waals surface area contributed by atoms with E-state index in [9.17, 15) is 14.7 Å². The lowest BCUT2D eigenvalue weighted by molar-refractivity contribution is -0.136. The Morgan fingerprint density at radius 3 is 2.53 bits per heavy atom. The second-order valence-corrected chi connectivity index (χ2v) is 7.75. The molecule has 4 rings (SSSR count). The molecule has 0 saturated carbocycles. The van der Waals surface area contributed by atoms with Gasteiger partial charge in [0.1, 0.15) is 17.1 Å². The molecule has 1 heterocycles. The standard InChI is InChI=1S/C26H25NO7/c1-17(19-6-4-3-5-7-19)27(14-18-8-11-22-24(12-18)34-16-33-22)25(28)15-32-23-13-20(31-2)9-10-21(23)26(29)30/h3-13,17H,14-16H2,1-2H3,(H,29,30). The summed E-state index contributed by atoms with van der Waals surface area (Å²) in [6, 6.07) is 19.3. The molecular formula is C26H25NO7. The molecule has 0 bridgehead atoms. The van der Waals surface area contributed by atoms with Crippen LogP contribution in [0.4, 0.5) is 0 Å². The van der Waals surface area contributed by atoms with E-state index < -0.39 is 5.97 Å². The van der Waals surface area contributed by atoms with Crippen molar-refractivity contribution in [3.8, 4) is 23.0 Å². The normalized spacial score (nSPS) is 12.6. The molecule has 0 aliphatic carbocycles. The molecule has 3 aromatic carbocycles. The van der Waals surface area contributed by atoms with E-state index in [-0.39, 0.29) is 36.7 Å². The Morgan fingerprint density at radius 2 is 1.79 bits per heavy atom. The first kappa shape index (κ1) is 23.0. The van der Waals surface area contributed by atoms with Gasteiger partial charge in [-0.1, -0.05) is 36.4 Å². The first-order chi connectivity index (χ1) is 16.5. The fourth-order valence-corrected chi connectivity index (χ4v) is 3.74. The van der Waals surface area contributed by atoms with Gasteiger partial charge in [0.2, 0.25) is 6.79 Å². The van der Waals surface area contributed by atoms with Crippen LogP contribution in [-0.2, 0) is 11.3 Å². The summed E-state index contributed by atoms with van der Waals surface area (Å²) in [5.74, 6) is 0.349. The van der Waals surface area contributed by atoms with Crippen LogP contribution in [0.25, 0.3) is 0 Å². The molecule has 0 fully saturated rings. The lowest BCUT2D eigenvalue weighted by Crippen LogP contribution is -2.36. The molecule has 0 saturated heterocycles. The van der Waals surface area contributed by atoms with E-state index in [0.717, 1.165) is 11.1 Å². The summed E-state index contributed by atoms with van der Waals surface area (Å²) < 4.78 is 21.7. The van der Waals surface area contributed by atoms with Gasteiger partial charge < -0.3 is 29.0 Å². The average Bonchev–Trinajstić information content (AvgIpc) is 3.33. The molecule has 8 nitrogen and oxygen atoms in total. The van der Waals surface area contributed by atoms with E-state index in [4.69, 9.17) is 18.9 Å².